The molecule has 0 aliphatic heterocycles. The van der Waals surface area contributed by atoms with E-state index in [1.165, 1.54) is 0 Å². The number of ether oxygens (including phenoxy) is 1. The van der Waals surface area contributed by atoms with Crippen molar-refractivity contribution in [2.75, 3.05) is 18.5 Å². The summed E-state index contributed by atoms with van der Waals surface area (Å²) in [4.78, 5) is 11.9. The molecule has 0 aromatic heterocycles. The van der Waals surface area contributed by atoms with Crippen molar-refractivity contribution < 1.29 is 9.53 Å². The molecule has 4 nitrogen and oxygen atoms in total. The van der Waals surface area contributed by atoms with E-state index in [1.54, 1.807) is 18.2 Å². The Hall–Kier alpha value is -1.17. The summed E-state index contributed by atoms with van der Waals surface area (Å²) >= 11 is 10.9. The van der Waals surface area contributed by atoms with Crippen molar-refractivity contribution >= 4 is 40.4 Å². The van der Waals surface area contributed by atoms with Crippen LogP contribution in [0.2, 0.25) is 5.02 Å². The van der Waals surface area contributed by atoms with Crippen molar-refractivity contribution in [2.45, 2.75) is 19.8 Å². The molecule has 0 aliphatic rings. The normalized spacial score (nSPS) is 10.2. The van der Waals surface area contributed by atoms with Gasteiger partial charge < -0.3 is 15.8 Å². The number of carbonyl (C=O) groups is 1. The fraction of sp³-hybridized carbons (Fsp3) is 0.385. The van der Waals surface area contributed by atoms with E-state index >= 15 is 0 Å². The Balaban J connectivity index is 2.52. The van der Waals surface area contributed by atoms with Crippen molar-refractivity contribution in [3.05, 3.63) is 28.8 Å². The van der Waals surface area contributed by atoms with Gasteiger partial charge in [0.05, 0.1) is 10.7 Å². The summed E-state index contributed by atoms with van der Waals surface area (Å²) < 4.78 is 5.17. The number of rotatable bonds is 7. The minimum atomic E-state index is -0.0929. The Bertz CT molecular complexity index is 466. The zero-order valence-corrected chi connectivity index (χ0v) is 12.3. The molecule has 0 aliphatic carbocycles. The van der Waals surface area contributed by atoms with Crippen LogP contribution in [0.3, 0.4) is 0 Å². The summed E-state index contributed by atoms with van der Waals surface area (Å²) in [5, 5.41) is 3.16. The molecule has 0 atom stereocenters. The summed E-state index contributed by atoms with van der Waals surface area (Å²) in [6.07, 6.45) is 1.08. The van der Waals surface area contributed by atoms with Crippen LogP contribution in [0.1, 0.15) is 25.3 Å². The number of thiocarbonyl (C=S) groups is 1. The van der Waals surface area contributed by atoms with E-state index in [1.807, 2.05) is 6.92 Å². The van der Waals surface area contributed by atoms with Crippen molar-refractivity contribution in [1.29, 1.82) is 0 Å². The topological polar surface area (TPSA) is 64.3 Å². The van der Waals surface area contributed by atoms with Crippen LogP contribution < -0.4 is 11.1 Å². The third kappa shape index (κ3) is 5.55. The molecule has 0 heterocycles. The first-order valence-electron chi connectivity index (χ1n) is 6.01. The van der Waals surface area contributed by atoms with E-state index in [2.05, 4.69) is 5.32 Å². The summed E-state index contributed by atoms with van der Waals surface area (Å²) in [6.45, 7) is 3.16. The molecular formula is C13H17ClN2O2S. The second-order valence-corrected chi connectivity index (χ2v) is 4.75. The number of benzene rings is 1. The van der Waals surface area contributed by atoms with Crippen molar-refractivity contribution in [2.24, 2.45) is 5.73 Å². The van der Waals surface area contributed by atoms with E-state index in [9.17, 15) is 4.79 Å². The van der Waals surface area contributed by atoms with E-state index in [0.717, 1.165) is 0 Å². The average Bonchev–Trinajstić information content (AvgIpc) is 2.37. The van der Waals surface area contributed by atoms with Crippen LogP contribution in [0.5, 0.6) is 0 Å². The standard InChI is InChI=1S/C13H17ClN2O2S/c1-2-18-7-3-4-12(17)16-11-6-5-9(13(15)19)8-10(11)14/h5-6,8H,2-4,7H2,1H3,(H2,15,19)(H,16,17). The number of carbonyl (C=O) groups excluding carboxylic acids is 1. The number of anilines is 1. The number of hydrogen-bond donors (Lipinski definition) is 2. The van der Waals surface area contributed by atoms with Gasteiger partial charge >= 0.3 is 0 Å². The smallest absolute Gasteiger partial charge is 0.224 e. The zero-order valence-electron chi connectivity index (χ0n) is 10.7. The van der Waals surface area contributed by atoms with Gasteiger partial charge in [-0.2, -0.15) is 0 Å². The molecule has 19 heavy (non-hydrogen) atoms. The van der Waals surface area contributed by atoms with E-state index in [4.69, 9.17) is 34.3 Å². The molecule has 0 saturated carbocycles. The Morgan fingerprint density at radius 2 is 2.26 bits per heavy atom. The number of nitrogens with one attached hydrogen (secondary N) is 1. The Labute approximate surface area is 123 Å². The third-order valence-corrected chi connectivity index (χ3v) is 2.97. The monoisotopic (exact) mass is 300 g/mol. The van der Waals surface area contributed by atoms with Gasteiger partial charge in [-0.25, -0.2) is 0 Å². The fourth-order valence-corrected chi connectivity index (χ4v) is 1.82. The highest BCUT2D eigenvalue weighted by Crippen LogP contribution is 2.23. The highest BCUT2D eigenvalue weighted by Gasteiger charge is 2.07. The van der Waals surface area contributed by atoms with Gasteiger partial charge in [-0.15, -0.1) is 0 Å². The van der Waals surface area contributed by atoms with Crippen molar-refractivity contribution in [3.63, 3.8) is 0 Å². The van der Waals surface area contributed by atoms with Gasteiger partial charge in [0, 0.05) is 25.2 Å². The first kappa shape index (κ1) is 15.9. The van der Waals surface area contributed by atoms with Crippen molar-refractivity contribution in [1.82, 2.24) is 0 Å². The van der Waals surface area contributed by atoms with Crippen LogP contribution in [0.15, 0.2) is 18.2 Å². The van der Waals surface area contributed by atoms with Crippen LogP contribution in [0, 0.1) is 0 Å². The van der Waals surface area contributed by atoms with Crippen LogP contribution in [-0.2, 0) is 9.53 Å². The van der Waals surface area contributed by atoms with Gasteiger partial charge in [-0.1, -0.05) is 23.8 Å². The second-order valence-electron chi connectivity index (χ2n) is 3.91. The number of halogens is 1. The molecule has 6 heteroatoms. The van der Waals surface area contributed by atoms with Crippen LogP contribution in [-0.4, -0.2) is 24.1 Å². The highest BCUT2D eigenvalue weighted by molar-refractivity contribution is 7.80. The lowest BCUT2D eigenvalue weighted by atomic mass is 10.2. The molecule has 1 amide bonds. The number of nitrogens with two attached hydrogens (primary N) is 1. The van der Waals surface area contributed by atoms with Crippen LogP contribution in [0.4, 0.5) is 5.69 Å². The Morgan fingerprint density at radius 3 is 2.84 bits per heavy atom. The summed E-state index contributed by atoms with van der Waals surface area (Å²) in [5.74, 6) is -0.0929. The number of amides is 1. The molecule has 0 saturated heterocycles. The molecule has 0 unspecified atom stereocenters. The number of hydrogen-bond acceptors (Lipinski definition) is 3. The molecule has 1 aromatic rings. The molecule has 0 radical (unpaired) electrons. The molecule has 3 N–H and O–H groups in total. The zero-order chi connectivity index (χ0) is 14.3. The van der Waals surface area contributed by atoms with E-state index in [0.29, 0.717) is 42.3 Å². The predicted molar refractivity (Wildman–Crippen MR) is 81.7 cm³/mol. The van der Waals surface area contributed by atoms with Gasteiger partial charge in [0.1, 0.15) is 4.99 Å². The largest absolute Gasteiger partial charge is 0.389 e. The Kier molecular flexibility index (Phi) is 6.77. The first-order valence-corrected chi connectivity index (χ1v) is 6.80. The first-order chi connectivity index (χ1) is 9.04. The van der Waals surface area contributed by atoms with Crippen molar-refractivity contribution in [3.8, 4) is 0 Å². The maximum atomic E-state index is 11.7. The molecule has 0 bridgehead atoms. The third-order valence-electron chi connectivity index (χ3n) is 2.42. The molecule has 0 spiro atoms. The van der Waals surface area contributed by atoms with Crippen LogP contribution in [0.25, 0.3) is 0 Å². The molecule has 1 rings (SSSR count). The second kappa shape index (κ2) is 8.09. The molecule has 0 fully saturated rings. The lowest BCUT2D eigenvalue weighted by Gasteiger charge is -2.08. The SMILES string of the molecule is CCOCCCC(=O)Nc1ccc(C(N)=S)cc1Cl. The van der Waals surface area contributed by atoms with E-state index in [-0.39, 0.29) is 10.9 Å². The minimum Gasteiger partial charge on any atom is -0.389 e. The summed E-state index contributed by atoms with van der Waals surface area (Å²) in [5.41, 5.74) is 6.73. The molecule has 1 aromatic carbocycles. The molecular weight excluding hydrogens is 284 g/mol. The summed E-state index contributed by atoms with van der Waals surface area (Å²) in [6, 6.07) is 5.06. The van der Waals surface area contributed by atoms with Gasteiger partial charge in [0.2, 0.25) is 5.91 Å². The van der Waals surface area contributed by atoms with Gasteiger partial charge in [0.25, 0.3) is 0 Å². The minimum absolute atomic E-state index is 0.0929. The molecule has 104 valence electrons. The lowest BCUT2D eigenvalue weighted by molar-refractivity contribution is -0.116. The van der Waals surface area contributed by atoms with Crippen LogP contribution >= 0.6 is 23.8 Å². The fourth-order valence-electron chi connectivity index (χ4n) is 1.46. The quantitative estimate of drug-likeness (QED) is 0.600. The van der Waals surface area contributed by atoms with Gasteiger partial charge in [-0.05, 0) is 31.5 Å². The maximum Gasteiger partial charge on any atom is 0.224 e. The lowest BCUT2D eigenvalue weighted by Crippen LogP contribution is -2.13. The van der Waals surface area contributed by atoms with Gasteiger partial charge in [-0.3, -0.25) is 4.79 Å². The Morgan fingerprint density at radius 1 is 1.53 bits per heavy atom. The van der Waals surface area contributed by atoms with Gasteiger partial charge in [0.15, 0.2) is 0 Å². The average molecular weight is 301 g/mol. The summed E-state index contributed by atoms with van der Waals surface area (Å²) in [7, 11) is 0. The maximum absolute atomic E-state index is 11.7. The predicted octanol–water partition coefficient (Wildman–Crippen LogP) is 2.73. The van der Waals surface area contributed by atoms with E-state index < -0.39 is 0 Å². The highest BCUT2D eigenvalue weighted by atomic mass is 35.5.